The summed E-state index contributed by atoms with van der Waals surface area (Å²) in [5, 5.41) is 3.69. The first-order valence-electron chi connectivity index (χ1n) is 6.76. The van der Waals surface area contributed by atoms with Crippen molar-refractivity contribution in [1.29, 1.82) is 0 Å². The van der Waals surface area contributed by atoms with Gasteiger partial charge in [-0.2, -0.15) is 0 Å². The Labute approximate surface area is 130 Å². The van der Waals surface area contributed by atoms with E-state index in [0.717, 1.165) is 30.8 Å². The number of hydrogen-bond acceptors (Lipinski definition) is 5. The third-order valence-electron chi connectivity index (χ3n) is 3.17. The van der Waals surface area contributed by atoms with Gasteiger partial charge in [0.1, 0.15) is 5.82 Å². The van der Waals surface area contributed by atoms with Gasteiger partial charge in [-0.05, 0) is 31.0 Å². The topological polar surface area (TPSA) is 51.2 Å². The van der Waals surface area contributed by atoms with Crippen LogP contribution in [-0.4, -0.2) is 35.1 Å². The summed E-state index contributed by atoms with van der Waals surface area (Å²) in [7, 11) is 0. The minimum atomic E-state index is -0.295. The van der Waals surface area contributed by atoms with Gasteiger partial charge >= 0.3 is 0 Å². The SMILES string of the molecule is O=C(CS[C@@H]1CCCOC1)Nc1nc2ccc(F)cc2s1. The number of thiazole rings is 1. The first-order valence-corrected chi connectivity index (χ1v) is 8.62. The van der Waals surface area contributed by atoms with E-state index in [1.165, 1.54) is 23.5 Å². The molecular formula is C14H15FN2O2S2. The number of halogens is 1. The molecule has 0 radical (unpaired) electrons. The van der Waals surface area contributed by atoms with Crippen molar-refractivity contribution in [1.82, 2.24) is 4.98 Å². The molecule has 0 saturated carbocycles. The van der Waals surface area contributed by atoms with E-state index in [-0.39, 0.29) is 11.7 Å². The second kappa shape index (κ2) is 6.72. The zero-order valence-corrected chi connectivity index (χ0v) is 12.9. The summed E-state index contributed by atoms with van der Waals surface area (Å²) < 4.78 is 19.2. The molecule has 112 valence electrons. The maximum atomic E-state index is 13.1. The second-order valence-electron chi connectivity index (χ2n) is 4.83. The summed E-state index contributed by atoms with van der Waals surface area (Å²) in [5.74, 6) is 0.0141. The standard InChI is InChI=1S/C14H15FN2O2S2/c15-9-3-4-11-12(6-9)21-14(16-11)17-13(18)8-20-10-2-1-5-19-7-10/h3-4,6,10H,1-2,5,7-8H2,(H,16,17,18)/t10-/m1/s1. The highest BCUT2D eigenvalue weighted by Crippen LogP contribution is 2.27. The molecule has 1 amide bonds. The van der Waals surface area contributed by atoms with Crippen LogP contribution in [0.2, 0.25) is 0 Å². The lowest BCUT2D eigenvalue weighted by atomic mass is 10.2. The quantitative estimate of drug-likeness (QED) is 0.937. The predicted octanol–water partition coefficient (Wildman–Crippen LogP) is 3.29. The fourth-order valence-corrected chi connectivity index (χ4v) is 4.04. The smallest absolute Gasteiger partial charge is 0.236 e. The Hall–Kier alpha value is -1.18. The molecular weight excluding hydrogens is 311 g/mol. The van der Waals surface area contributed by atoms with Gasteiger partial charge in [0.05, 0.1) is 22.6 Å². The third kappa shape index (κ3) is 3.93. The molecule has 1 aliphatic heterocycles. The number of amides is 1. The van der Waals surface area contributed by atoms with Crippen molar-refractivity contribution in [2.45, 2.75) is 18.1 Å². The Morgan fingerprint density at radius 3 is 3.29 bits per heavy atom. The lowest BCUT2D eigenvalue weighted by Gasteiger charge is -2.20. The minimum absolute atomic E-state index is 0.0786. The number of nitrogens with zero attached hydrogens (tertiary/aromatic N) is 1. The van der Waals surface area contributed by atoms with Crippen LogP contribution in [0.4, 0.5) is 9.52 Å². The lowest BCUT2D eigenvalue weighted by molar-refractivity contribution is -0.113. The van der Waals surface area contributed by atoms with Gasteiger partial charge in [0.15, 0.2) is 5.13 Å². The Kier molecular flexibility index (Phi) is 4.72. The van der Waals surface area contributed by atoms with Crippen LogP contribution in [-0.2, 0) is 9.53 Å². The molecule has 1 aromatic heterocycles. The maximum Gasteiger partial charge on any atom is 0.236 e. The number of aromatic nitrogens is 1. The summed E-state index contributed by atoms with van der Waals surface area (Å²) in [4.78, 5) is 16.2. The van der Waals surface area contributed by atoms with Crippen LogP contribution < -0.4 is 5.32 Å². The molecule has 0 aliphatic carbocycles. The number of fused-ring (bicyclic) bond motifs is 1. The molecule has 2 heterocycles. The third-order valence-corrected chi connectivity index (χ3v) is 5.37. The highest BCUT2D eigenvalue weighted by molar-refractivity contribution is 8.00. The van der Waals surface area contributed by atoms with Gasteiger partial charge in [-0.15, -0.1) is 11.8 Å². The molecule has 1 atom stereocenters. The Morgan fingerprint density at radius 2 is 2.48 bits per heavy atom. The van der Waals surface area contributed by atoms with Crippen molar-refractivity contribution < 1.29 is 13.9 Å². The van der Waals surface area contributed by atoms with Crippen molar-refractivity contribution in [3.05, 3.63) is 24.0 Å². The molecule has 7 heteroatoms. The van der Waals surface area contributed by atoms with Crippen molar-refractivity contribution in [2.75, 3.05) is 24.3 Å². The molecule has 0 spiro atoms. The average molecular weight is 326 g/mol. The van der Waals surface area contributed by atoms with E-state index in [0.29, 0.717) is 21.7 Å². The minimum Gasteiger partial charge on any atom is -0.380 e. The molecule has 4 nitrogen and oxygen atoms in total. The monoisotopic (exact) mass is 326 g/mol. The van der Waals surface area contributed by atoms with Crippen molar-refractivity contribution in [3.63, 3.8) is 0 Å². The molecule has 2 aromatic rings. The molecule has 1 aliphatic rings. The van der Waals surface area contributed by atoms with Crippen molar-refractivity contribution in [2.24, 2.45) is 0 Å². The number of thioether (sulfide) groups is 1. The first kappa shape index (κ1) is 14.7. The van der Waals surface area contributed by atoms with E-state index in [2.05, 4.69) is 10.3 Å². The number of benzene rings is 1. The van der Waals surface area contributed by atoms with Crippen LogP contribution in [0.15, 0.2) is 18.2 Å². The first-order chi connectivity index (χ1) is 10.2. The Balaban J connectivity index is 1.55. The molecule has 0 unspecified atom stereocenters. The van der Waals surface area contributed by atoms with E-state index in [4.69, 9.17) is 4.74 Å². The molecule has 1 N–H and O–H groups in total. The molecule has 1 aromatic carbocycles. The predicted molar refractivity (Wildman–Crippen MR) is 84.5 cm³/mol. The summed E-state index contributed by atoms with van der Waals surface area (Å²) in [5.41, 5.74) is 0.699. The van der Waals surface area contributed by atoms with Gasteiger partial charge < -0.3 is 10.1 Å². The summed E-state index contributed by atoms with van der Waals surface area (Å²) in [6.45, 7) is 1.55. The van der Waals surface area contributed by atoms with Crippen LogP contribution in [0, 0.1) is 5.82 Å². The summed E-state index contributed by atoms with van der Waals surface area (Å²) in [6, 6.07) is 4.41. The number of rotatable bonds is 4. The number of anilines is 1. The fraction of sp³-hybridized carbons (Fsp3) is 0.429. The average Bonchev–Trinajstić information content (AvgIpc) is 2.87. The van der Waals surface area contributed by atoms with Gasteiger partial charge in [-0.3, -0.25) is 4.79 Å². The summed E-state index contributed by atoms with van der Waals surface area (Å²) in [6.07, 6.45) is 2.15. The van der Waals surface area contributed by atoms with Crippen LogP contribution >= 0.6 is 23.1 Å². The number of hydrogen-bond donors (Lipinski definition) is 1. The van der Waals surface area contributed by atoms with Gasteiger partial charge in [-0.1, -0.05) is 11.3 Å². The van der Waals surface area contributed by atoms with Gasteiger partial charge in [-0.25, -0.2) is 9.37 Å². The number of nitrogens with one attached hydrogen (secondary N) is 1. The number of ether oxygens (including phenoxy) is 1. The normalized spacial score (nSPS) is 18.8. The van der Waals surface area contributed by atoms with Gasteiger partial charge in [0.25, 0.3) is 0 Å². The maximum absolute atomic E-state index is 13.1. The highest BCUT2D eigenvalue weighted by Gasteiger charge is 2.16. The van der Waals surface area contributed by atoms with E-state index < -0.39 is 0 Å². The van der Waals surface area contributed by atoms with Crippen LogP contribution in [0.3, 0.4) is 0 Å². The van der Waals surface area contributed by atoms with E-state index in [1.54, 1.807) is 17.8 Å². The van der Waals surface area contributed by atoms with E-state index in [9.17, 15) is 9.18 Å². The largest absolute Gasteiger partial charge is 0.380 e. The molecule has 1 fully saturated rings. The number of carbonyl (C=O) groups excluding carboxylic acids is 1. The zero-order valence-electron chi connectivity index (χ0n) is 11.3. The fourth-order valence-electron chi connectivity index (χ4n) is 2.14. The Morgan fingerprint density at radius 1 is 1.57 bits per heavy atom. The zero-order chi connectivity index (χ0) is 14.7. The van der Waals surface area contributed by atoms with Crippen LogP contribution in [0.5, 0.6) is 0 Å². The second-order valence-corrected chi connectivity index (χ2v) is 7.15. The molecule has 3 rings (SSSR count). The van der Waals surface area contributed by atoms with Crippen LogP contribution in [0.25, 0.3) is 10.2 Å². The molecule has 21 heavy (non-hydrogen) atoms. The van der Waals surface area contributed by atoms with Crippen molar-refractivity contribution >= 4 is 44.4 Å². The highest BCUT2D eigenvalue weighted by atomic mass is 32.2. The van der Waals surface area contributed by atoms with Crippen LogP contribution in [0.1, 0.15) is 12.8 Å². The number of carbonyl (C=O) groups is 1. The van der Waals surface area contributed by atoms with E-state index >= 15 is 0 Å². The van der Waals surface area contributed by atoms with Gasteiger partial charge in [0.2, 0.25) is 5.91 Å². The Bertz CT molecular complexity index is 641. The van der Waals surface area contributed by atoms with E-state index in [1.807, 2.05) is 0 Å². The summed E-state index contributed by atoms with van der Waals surface area (Å²) >= 11 is 2.90. The molecule has 1 saturated heterocycles. The van der Waals surface area contributed by atoms with Gasteiger partial charge in [0, 0.05) is 11.9 Å². The van der Waals surface area contributed by atoms with Crippen molar-refractivity contribution in [3.8, 4) is 0 Å². The lowest BCUT2D eigenvalue weighted by Crippen LogP contribution is -2.22. The molecule has 0 bridgehead atoms.